The maximum atomic E-state index is 6.27. The lowest BCUT2D eigenvalue weighted by Gasteiger charge is -2.17. The van der Waals surface area contributed by atoms with Crippen LogP contribution in [0.2, 0.25) is 0 Å². The summed E-state index contributed by atoms with van der Waals surface area (Å²) in [7, 11) is 0. The first-order chi connectivity index (χ1) is 8.65. The quantitative estimate of drug-likeness (QED) is 0.783. The van der Waals surface area contributed by atoms with E-state index in [1.54, 1.807) is 0 Å². The highest BCUT2D eigenvalue weighted by Gasteiger charge is 2.41. The number of hydrogen-bond donors (Lipinski definition) is 0. The Bertz CT molecular complexity index is 569. The Kier molecular flexibility index (Phi) is 2.81. The van der Waals surface area contributed by atoms with E-state index in [1.807, 2.05) is 25.4 Å². The van der Waals surface area contributed by atoms with E-state index < -0.39 is 0 Å². The normalized spacial score (nSPS) is 19.1. The Hall–Kier alpha value is -1.09. The zero-order chi connectivity index (χ0) is 12.8. The molecule has 2 aromatic heterocycles. The molecule has 0 aromatic carbocycles. The molecule has 2 aromatic rings. The molecule has 1 atom stereocenters. The van der Waals surface area contributed by atoms with Gasteiger partial charge in [-0.1, -0.05) is 6.92 Å². The zero-order valence-electron chi connectivity index (χ0n) is 10.9. The van der Waals surface area contributed by atoms with Crippen LogP contribution in [0.3, 0.4) is 0 Å². The maximum absolute atomic E-state index is 6.27. The lowest BCUT2D eigenvalue weighted by atomic mass is 10.0. The number of halogens is 1. The summed E-state index contributed by atoms with van der Waals surface area (Å²) >= 11 is 6.27. The van der Waals surface area contributed by atoms with Crippen molar-refractivity contribution in [3.8, 4) is 0 Å². The fourth-order valence-corrected chi connectivity index (χ4v) is 2.77. The molecule has 18 heavy (non-hydrogen) atoms. The third-order valence-corrected chi connectivity index (χ3v) is 4.33. The first-order valence-corrected chi connectivity index (χ1v) is 7.03. The molecule has 0 saturated heterocycles. The summed E-state index contributed by atoms with van der Waals surface area (Å²) in [6.07, 6.45) is 7.53. The van der Waals surface area contributed by atoms with Gasteiger partial charge in [0.1, 0.15) is 11.3 Å². The number of aromatic nitrogens is 3. The predicted octanol–water partition coefficient (Wildman–Crippen LogP) is 3.92. The van der Waals surface area contributed by atoms with Crippen LogP contribution in [0, 0.1) is 5.41 Å². The molecule has 1 aliphatic rings. The summed E-state index contributed by atoms with van der Waals surface area (Å²) in [5.74, 6) is 0.972. The van der Waals surface area contributed by atoms with E-state index in [9.17, 15) is 0 Å². The van der Waals surface area contributed by atoms with Crippen molar-refractivity contribution in [2.75, 3.05) is 0 Å². The van der Waals surface area contributed by atoms with Crippen molar-refractivity contribution >= 4 is 22.6 Å². The topological polar surface area (TPSA) is 30.7 Å². The molecule has 3 nitrogen and oxygen atoms in total. The number of fused-ring (bicyclic) bond motifs is 1. The van der Waals surface area contributed by atoms with Crippen LogP contribution in [-0.4, -0.2) is 14.5 Å². The highest BCUT2D eigenvalue weighted by molar-refractivity contribution is 6.20. The number of alkyl halides is 1. The van der Waals surface area contributed by atoms with E-state index in [1.165, 1.54) is 19.3 Å². The van der Waals surface area contributed by atoms with E-state index in [0.717, 1.165) is 23.4 Å². The van der Waals surface area contributed by atoms with E-state index in [-0.39, 0.29) is 5.38 Å². The SMILES string of the molecule is CCC1(Cn2c(C(C)Cl)nc3cnccc32)CC1. The van der Waals surface area contributed by atoms with Crippen molar-refractivity contribution in [2.45, 2.75) is 45.0 Å². The summed E-state index contributed by atoms with van der Waals surface area (Å²) in [5.41, 5.74) is 2.59. The summed E-state index contributed by atoms with van der Waals surface area (Å²) < 4.78 is 2.30. The zero-order valence-corrected chi connectivity index (χ0v) is 11.6. The molecule has 2 heterocycles. The second-order valence-corrected chi connectivity index (χ2v) is 6.04. The van der Waals surface area contributed by atoms with Crippen molar-refractivity contribution in [1.29, 1.82) is 0 Å². The van der Waals surface area contributed by atoms with Gasteiger partial charge in [0.2, 0.25) is 0 Å². The van der Waals surface area contributed by atoms with Gasteiger partial charge in [0.25, 0.3) is 0 Å². The van der Waals surface area contributed by atoms with Gasteiger partial charge in [-0.2, -0.15) is 0 Å². The first kappa shape index (κ1) is 12.0. The highest BCUT2D eigenvalue weighted by atomic mass is 35.5. The monoisotopic (exact) mass is 263 g/mol. The molecule has 0 bridgehead atoms. The van der Waals surface area contributed by atoms with Crippen molar-refractivity contribution in [3.05, 3.63) is 24.3 Å². The van der Waals surface area contributed by atoms with Crippen LogP contribution >= 0.6 is 11.6 Å². The molecule has 0 radical (unpaired) electrons. The molecule has 0 amide bonds. The molecule has 1 aliphatic carbocycles. The summed E-state index contributed by atoms with van der Waals surface area (Å²) in [6, 6.07) is 2.04. The Morgan fingerprint density at radius 2 is 2.28 bits per heavy atom. The maximum Gasteiger partial charge on any atom is 0.127 e. The van der Waals surface area contributed by atoms with Crippen LogP contribution < -0.4 is 0 Å². The lowest BCUT2D eigenvalue weighted by molar-refractivity contribution is 0.407. The number of imidazole rings is 1. The Labute approximate surface area is 112 Å². The molecule has 0 N–H and O–H groups in total. The average molecular weight is 264 g/mol. The summed E-state index contributed by atoms with van der Waals surface area (Å²) in [5, 5.41) is -0.0648. The number of pyridine rings is 1. The van der Waals surface area contributed by atoms with Crippen LogP contribution in [0.5, 0.6) is 0 Å². The van der Waals surface area contributed by atoms with Gasteiger partial charge < -0.3 is 4.57 Å². The molecule has 0 aliphatic heterocycles. The second kappa shape index (κ2) is 4.23. The molecular formula is C14H18ClN3. The van der Waals surface area contributed by atoms with Gasteiger partial charge in [0.05, 0.1) is 17.1 Å². The van der Waals surface area contributed by atoms with Crippen molar-refractivity contribution in [2.24, 2.45) is 5.41 Å². The molecule has 3 rings (SSSR count). The van der Waals surface area contributed by atoms with Gasteiger partial charge in [-0.3, -0.25) is 4.98 Å². The average Bonchev–Trinajstić information content (AvgIpc) is 3.05. The van der Waals surface area contributed by atoms with Crippen molar-refractivity contribution in [1.82, 2.24) is 14.5 Å². The van der Waals surface area contributed by atoms with Crippen LogP contribution in [-0.2, 0) is 6.54 Å². The minimum Gasteiger partial charge on any atom is -0.326 e. The molecule has 0 spiro atoms. The van der Waals surface area contributed by atoms with Crippen LogP contribution in [0.1, 0.15) is 44.3 Å². The minimum atomic E-state index is -0.0648. The molecule has 1 unspecified atom stereocenters. The number of nitrogens with zero attached hydrogens (tertiary/aromatic N) is 3. The van der Waals surface area contributed by atoms with Crippen LogP contribution in [0.15, 0.2) is 18.5 Å². The predicted molar refractivity (Wildman–Crippen MR) is 73.8 cm³/mol. The Morgan fingerprint density at radius 1 is 1.50 bits per heavy atom. The van der Waals surface area contributed by atoms with Crippen LogP contribution in [0.4, 0.5) is 0 Å². The lowest BCUT2D eigenvalue weighted by Crippen LogP contribution is -2.13. The Morgan fingerprint density at radius 3 is 2.89 bits per heavy atom. The van der Waals surface area contributed by atoms with E-state index in [0.29, 0.717) is 5.41 Å². The number of rotatable bonds is 4. The molecule has 96 valence electrons. The third kappa shape index (κ3) is 1.91. The van der Waals surface area contributed by atoms with Crippen molar-refractivity contribution in [3.63, 3.8) is 0 Å². The third-order valence-electron chi connectivity index (χ3n) is 4.14. The molecule has 4 heteroatoms. The van der Waals surface area contributed by atoms with Crippen molar-refractivity contribution < 1.29 is 0 Å². The van der Waals surface area contributed by atoms with E-state index in [4.69, 9.17) is 11.6 Å². The van der Waals surface area contributed by atoms with Gasteiger partial charge in [0, 0.05) is 12.7 Å². The van der Waals surface area contributed by atoms with Gasteiger partial charge >= 0.3 is 0 Å². The molecular weight excluding hydrogens is 246 g/mol. The fraction of sp³-hybridized carbons (Fsp3) is 0.571. The van der Waals surface area contributed by atoms with Gasteiger partial charge in [-0.25, -0.2) is 4.98 Å². The summed E-state index contributed by atoms with van der Waals surface area (Å²) in [4.78, 5) is 8.77. The smallest absolute Gasteiger partial charge is 0.127 e. The minimum absolute atomic E-state index is 0.0648. The van der Waals surface area contributed by atoms with E-state index in [2.05, 4.69) is 21.5 Å². The van der Waals surface area contributed by atoms with Crippen LogP contribution in [0.25, 0.3) is 11.0 Å². The van der Waals surface area contributed by atoms with Gasteiger partial charge in [0.15, 0.2) is 0 Å². The van der Waals surface area contributed by atoms with Gasteiger partial charge in [-0.05, 0) is 37.7 Å². The largest absolute Gasteiger partial charge is 0.326 e. The number of hydrogen-bond acceptors (Lipinski definition) is 2. The first-order valence-electron chi connectivity index (χ1n) is 6.59. The standard InChI is InChI=1S/C14H18ClN3/c1-3-14(5-6-14)9-18-12-4-7-16-8-11(12)17-13(18)10(2)15/h4,7-8,10H,3,5-6,9H2,1-2H3. The fourth-order valence-electron chi connectivity index (χ4n) is 2.61. The Balaban J connectivity index is 2.09. The van der Waals surface area contributed by atoms with Gasteiger partial charge in [-0.15, -0.1) is 11.6 Å². The second-order valence-electron chi connectivity index (χ2n) is 5.39. The molecule has 1 fully saturated rings. The van der Waals surface area contributed by atoms with E-state index >= 15 is 0 Å². The molecule has 1 saturated carbocycles. The summed E-state index contributed by atoms with van der Waals surface area (Å²) in [6.45, 7) is 5.30. The highest BCUT2D eigenvalue weighted by Crippen LogP contribution is 2.50.